The maximum Gasteiger partial charge on any atom is 0.355 e. The highest BCUT2D eigenvalue weighted by molar-refractivity contribution is 6.74. The van der Waals surface area contributed by atoms with E-state index in [1.54, 1.807) is 4.90 Å². The molecule has 0 aromatic heterocycles. The molecule has 0 radical (unpaired) electrons. The molecule has 5 atom stereocenters. The lowest BCUT2D eigenvalue weighted by atomic mass is 9.76. The van der Waals surface area contributed by atoms with Crippen molar-refractivity contribution in [3.8, 4) is 0 Å². The van der Waals surface area contributed by atoms with Crippen molar-refractivity contribution in [2.75, 3.05) is 6.61 Å². The van der Waals surface area contributed by atoms with Gasteiger partial charge in [0.25, 0.3) is 0 Å². The molecule has 0 spiro atoms. The van der Waals surface area contributed by atoms with Gasteiger partial charge < -0.3 is 19.2 Å². The smallest absolute Gasteiger partial charge is 0.355 e. The van der Waals surface area contributed by atoms with E-state index in [1.165, 1.54) is 6.08 Å². The van der Waals surface area contributed by atoms with Gasteiger partial charge in [-0.1, -0.05) is 53.2 Å². The molecule has 0 aromatic carbocycles. The standard InChI is InChI=1S/C25H41NO5Si/c1-9-14-30-24(29)21-18(22(27)17-12-10-11-13-17)15(2)20-19(23(28)26(20)21)16(3)31-32(7,8)25(4,5)6/h9,15-17,19-20,22,27H,1,10-14H2,2-8H3/t15-,16+,19+,20?,22-/m0/s1. The molecule has 32 heavy (non-hydrogen) atoms. The Morgan fingerprint density at radius 1 is 1.31 bits per heavy atom. The summed E-state index contributed by atoms with van der Waals surface area (Å²) in [6.07, 6.45) is 4.60. The van der Waals surface area contributed by atoms with Crippen LogP contribution in [0.15, 0.2) is 23.9 Å². The van der Waals surface area contributed by atoms with Crippen molar-refractivity contribution in [3.63, 3.8) is 0 Å². The summed E-state index contributed by atoms with van der Waals surface area (Å²) in [6.45, 7) is 18.6. The van der Waals surface area contributed by atoms with Gasteiger partial charge in [0.1, 0.15) is 12.3 Å². The molecule has 0 aromatic rings. The number of aliphatic hydroxyl groups is 1. The van der Waals surface area contributed by atoms with Gasteiger partial charge in [0.2, 0.25) is 5.91 Å². The second-order valence-electron chi connectivity index (χ2n) is 11.3. The van der Waals surface area contributed by atoms with Gasteiger partial charge in [-0.15, -0.1) is 0 Å². The van der Waals surface area contributed by atoms with Gasteiger partial charge in [-0.3, -0.25) is 4.79 Å². The molecule has 7 heteroatoms. The van der Waals surface area contributed by atoms with Crippen LogP contribution in [0.1, 0.15) is 60.3 Å². The monoisotopic (exact) mass is 463 g/mol. The van der Waals surface area contributed by atoms with E-state index in [0.29, 0.717) is 5.57 Å². The number of aliphatic hydroxyl groups excluding tert-OH is 1. The summed E-state index contributed by atoms with van der Waals surface area (Å²) < 4.78 is 11.9. The van der Waals surface area contributed by atoms with Crippen LogP contribution in [0, 0.1) is 17.8 Å². The second-order valence-corrected chi connectivity index (χ2v) is 16.0. The van der Waals surface area contributed by atoms with Crippen LogP contribution in [-0.2, 0) is 18.8 Å². The fourth-order valence-corrected chi connectivity index (χ4v) is 6.84. The van der Waals surface area contributed by atoms with Crippen LogP contribution in [0.2, 0.25) is 18.1 Å². The summed E-state index contributed by atoms with van der Waals surface area (Å²) in [4.78, 5) is 27.9. The lowest BCUT2D eigenvalue weighted by Gasteiger charge is -2.50. The van der Waals surface area contributed by atoms with Crippen molar-refractivity contribution >= 4 is 20.2 Å². The molecule has 1 saturated carbocycles. The van der Waals surface area contributed by atoms with Crippen LogP contribution >= 0.6 is 0 Å². The maximum absolute atomic E-state index is 13.4. The number of hydrogen-bond acceptors (Lipinski definition) is 5. The van der Waals surface area contributed by atoms with Gasteiger partial charge in [0, 0.05) is 5.92 Å². The van der Waals surface area contributed by atoms with Crippen molar-refractivity contribution in [2.24, 2.45) is 17.8 Å². The van der Waals surface area contributed by atoms with Crippen molar-refractivity contribution in [1.82, 2.24) is 4.90 Å². The SMILES string of the molecule is C=CCOC(=O)C1=C([C@@H](O)C2CCCC2)[C@H](C)C2[C@@H]([C@@H](C)O[Si](C)(C)C(C)(C)C)C(=O)N12. The van der Waals surface area contributed by atoms with Gasteiger partial charge in [0.05, 0.1) is 24.2 Å². The Hall–Kier alpha value is -1.44. The number of nitrogens with zero attached hydrogens (tertiary/aromatic N) is 1. The molecule has 3 rings (SSSR count). The van der Waals surface area contributed by atoms with Crippen molar-refractivity contribution in [3.05, 3.63) is 23.9 Å². The average molecular weight is 464 g/mol. The number of carbonyl (C=O) groups excluding carboxylic acids is 2. The normalized spacial score (nSPS) is 28.4. The Balaban J connectivity index is 1.90. The largest absolute Gasteiger partial charge is 0.457 e. The van der Waals surface area contributed by atoms with Gasteiger partial charge in [-0.25, -0.2) is 4.79 Å². The molecule has 2 fully saturated rings. The fraction of sp³-hybridized carbons (Fsp3) is 0.760. The molecule has 1 saturated heterocycles. The number of carbonyl (C=O) groups is 2. The first-order valence-electron chi connectivity index (χ1n) is 12.0. The first-order chi connectivity index (χ1) is 14.8. The van der Waals surface area contributed by atoms with Crippen molar-refractivity contribution in [2.45, 2.75) is 96.7 Å². The quantitative estimate of drug-likeness (QED) is 0.250. The minimum absolute atomic E-state index is 0.0385. The summed E-state index contributed by atoms with van der Waals surface area (Å²) in [7, 11) is -2.06. The number of esters is 1. The van der Waals surface area contributed by atoms with Crippen LogP contribution in [0.3, 0.4) is 0 Å². The molecule has 1 amide bonds. The number of hydrogen-bond donors (Lipinski definition) is 1. The van der Waals surface area contributed by atoms with Crippen LogP contribution < -0.4 is 0 Å². The number of fused-ring (bicyclic) bond motifs is 1. The number of β-lactam (4-membered cyclic amide) rings is 1. The number of amides is 1. The zero-order valence-electron chi connectivity index (χ0n) is 20.8. The van der Waals surface area contributed by atoms with Crippen LogP contribution in [0.4, 0.5) is 0 Å². The third kappa shape index (κ3) is 4.24. The molecule has 0 bridgehead atoms. The minimum atomic E-state index is -2.06. The topological polar surface area (TPSA) is 76.1 Å². The lowest BCUT2D eigenvalue weighted by Crippen LogP contribution is -2.65. The van der Waals surface area contributed by atoms with E-state index in [1.807, 2.05) is 13.8 Å². The highest BCUT2D eigenvalue weighted by Crippen LogP contribution is 2.51. The van der Waals surface area contributed by atoms with E-state index in [2.05, 4.69) is 40.4 Å². The predicted molar refractivity (Wildman–Crippen MR) is 127 cm³/mol. The third-order valence-electron chi connectivity index (χ3n) is 8.19. The van der Waals surface area contributed by atoms with E-state index in [4.69, 9.17) is 9.16 Å². The molecule has 2 aliphatic heterocycles. The van der Waals surface area contributed by atoms with Gasteiger partial charge in [-0.2, -0.15) is 0 Å². The third-order valence-corrected chi connectivity index (χ3v) is 12.8. The molecular formula is C25H41NO5Si. The zero-order chi connectivity index (χ0) is 24.0. The van der Waals surface area contributed by atoms with E-state index < -0.39 is 20.4 Å². The minimum Gasteiger partial charge on any atom is -0.457 e. The highest BCUT2D eigenvalue weighted by atomic mass is 28.4. The van der Waals surface area contributed by atoms with Gasteiger partial charge in [-0.05, 0) is 49.4 Å². The van der Waals surface area contributed by atoms with E-state index in [0.717, 1.165) is 25.7 Å². The Bertz CT molecular complexity index is 793. The fourth-order valence-electron chi connectivity index (χ4n) is 5.41. The van der Waals surface area contributed by atoms with Gasteiger partial charge >= 0.3 is 5.97 Å². The number of ether oxygens (including phenoxy) is 1. The molecule has 2 heterocycles. The molecule has 1 N–H and O–H groups in total. The van der Waals surface area contributed by atoms with E-state index in [9.17, 15) is 14.7 Å². The molecule has 3 aliphatic rings. The Morgan fingerprint density at radius 3 is 2.44 bits per heavy atom. The average Bonchev–Trinajstić information content (AvgIpc) is 3.29. The zero-order valence-corrected chi connectivity index (χ0v) is 21.8. The van der Waals surface area contributed by atoms with Gasteiger partial charge in [0.15, 0.2) is 8.32 Å². The van der Waals surface area contributed by atoms with Crippen molar-refractivity contribution in [1.29, 1.82) is 0 Å². The van der Waals surface area contributed by atoms with Crippen LogP contribution in [-0.4, -0.2) is 55.1 Å². The predicted octanol–water partition coefficient (Wildman–Crippen LogP) is 4.41. The van der Waals surface area contributed by atoms with Crippen LogP contribution in [0.5, 0.6) is 0 Å². The first-order valence-corrected chi connectivity index (χ1v) is 14.9. The molecule has 1 aliphatic carbocycles. The molecule has 180 valence electrons. The molecular weight excluding hydrogens is 422 g/mol. The summed E-state index contributed by atoms with van der Waals surface area (Å²) >= 11 is 0. The second kappa shape index (κ2) is 9.07. The highest BCUT2D eigenvalue weighted by Gasteiger charge is 2.62. The Labute approximate surface area is 194 Å². The van der Waals surface area contributed by atoms with E-state index >= 15 is 0 Å². The van der Waals surface area contributed by atoms with Crippen LogP contribution in [0.25, 0.3) is 0 Å². The summed E-state index contributed by atoms with van der Waals surface area (Å²) in [5.41, 5.74) is 0.927. The van der Waals surface area contributed by atoms with Crippen molar-refractivity contribution < 1.29 is 23.9 Å². The summed E-state index contributed by atoms with van der Waals surface area (Å²) in [5.74, 6) is -0.967. The number of rotatable bonds is 8. The summed E-state index contributed by atoms with van der Waals surface area (Å²) in [6, 6.07) is -0.181. The summed E-state index contributed by atoms with van der Waals surface area (Å²) in [5, 5.41) is 11.3. The Kier molecular flexibility index (Phi) is 7.14. The maximum atomic E-state index is 13.4. The first kappa shape index (κ1) is 25.2. The molecule has 1 unspecified atom stereocenters. The van der Waals surface area contributed by atoms with E-state index in [-0.39, 0.29) is 53.1 Å². The Morgan fingerprint density at radius 2 is 1.91 bits per heavy atom. The molecule has 6 nitrogen and oxygen atoms in total. The lowest BCUT2D eigenvalue weighted by molar-refractivity contribution is -0.163.